The summed E-state index contributed by atoms with van der Waals surface area (Å²) in [5, 5.41) is 13.9. The molecule has 1 aliphatic heterocycles. The van der Waals surface area contributed by atoms with Gasteiger partial charge in [0.25, 0.3) is 5.91 Å². The van der Waals surface area contributed by atoms with E-state index in [1.807, 2.05) is 58.9 Å². The third kappa shape index (κ3) is 10.6. The molecule has 52 heavy (non-hydrogen) atoms. The Hall–Kier alpha value is -4.42. The predicted octanol–water partition coefficient (Wildman–Crippen LogP) is 3.26. The van der Waals surface area contributed by atoms with E-state index in [1.165, 1.54) is 6.08 Å². The fourth-order valence-corrected chi connectivity index (χ4v) is 7.28. The number of carbonyl (C=O) groups excluding carboxylic acids is 6. The van der Waals surface area contributed by atoms with Crippen LogP contribution in [0.2, 0.25) is 0 Å². The normalized spacial score (nSPS) is 20.2. The molecule has 5 N–H and O–H groups in total. The quantitative estimate of drug-likeness (QED) is 0.129. The molecule has 1 aromatic rings. The van der Waals surface area contributed by atoms with E-state index < -0.39 is 59.3 Å². The van der Waals surface area contributed by atoms with Crippen molar-refractivity contribution in [1.29, 1.82) is 0 Å². The van der Waals surface area contributed by atoms with E-state index in [2.05, 4.69) is 33.2 Å². The van der Waals surface area contributed by atoms with Gasteiger partial charge in [-0.25, -0.2) is 9.59 Å². The second-order valence-corrected chi connectivity index (χ2v) is 15.9. The lowest BCUT2D eigenvalue weighted by molar-refractivity contribution is -0.144. The van der Waals surface area contributed by atoms with Crippen molar-refractivity contribution < 1.29 is 33.5 Å². The van der Waals surface area contributed by atoms with Crippen LogP contribution in [-0.4, -0.2) is 90.9 Å². The van der Waals surface area contributed by atoms with Crippen molar-refractivity contribution in [2.45, 2.75) is 104 Å². The summed E-state index contributed by atoms with van der Waals surface area (Å²) >= 11 is 0. The third-order valence-electron chi connectivity index (χ3n) is 10.5. The Kier molecular flexibility index (Phi) is 13.9. The molecular formula is C39H58N6O7. The fourth-order valence-electron chi connectivity index (χ4n) is 7.28. The molecule has 1 saturated carbocycles. The Morgan fingerprint density at radius 1 is 0.962 bits per heavy atom. The number of fused-ring (bicyclic) bond motifs is 1. The largest absolute Gasteiger partial charge is 0.447 e. The maximum Gasteiger partial charge on any atom is 0.407 e. The number of hydrogen-bond acceptors (Lipinski definition) is 7. The van der Waals surface area contributed by atoms with Gasteiger partial charge in [-0.1, -0.05) is 77.8 Å². The van der Waals surface area contributed by atoms with Gasteiger partial charge in [0.15, 0.2) is 0 Å². The average molecular weight is 723 g/mol. The molecule has 3 aliphatic rings. The SMILES string of the molecule is C=CCNC(=O)C(=O)C(CC1CC1)NC(=O)C1[C@@H](C(C)C)CCN1C(=O)C(NC(=O)NC(COC(=O)NCC)C(C)(C)C)C1Cc2ccccc2C1. The van der Waals surface area contributed by atoms with E-state index in [9.17, 15) is 28.8 Å². The zero-order valence-electron chi connectivity index (χ0n) is 31.6. The van der Waals surface area contributed by atoms with Crippen LogP contribution in [-0.2, 0) is 36.8 Å². The van der Waals surface area contributed by atoms with Crippen LogP contribution in [0.15, 0.2) is 36.9 Å². The molecule has 0 bridgehead atoms. The van der Waals surface area contributed by atoms with Gasteiger partial charge in [0.05, 0.1) is 12.1 Å². The van der Waals surface area contributed by atoms with E-state index in [0.717, 1.165) is 24.0 Å². The number of hydrogen-bond donors (Lipinski definition) is 5. The first-order valence-electron chi connectivity index (χ1n) is 18.7. The van der Waals surface area contributed by atoms with Gasteiger partial charge >= 0.3 is 12.1 Å². The molecule has 4 unspecified atom stereocenters. The first-order valence-corrected chi connectivity index (χ1v) is 18.7. The number of rotatable bonds is 16. The molecule has 1 saturated heterocycles. The van der Waals surface area contributed by atoms with Crippen LogP contribution in [0.5, 0.6) is 0 Å². The molecule has 13 heteroatoms. The van der Waals surface area contributed by atoms with Gasteiger partial charge in [0, 0.05) is 19.6 Å². The fraction of sp³-hybridized carbons (Fsp3) is 0.641. The molecule has 6 amide bonds. The summed E-state index contributed by atoms with van der Waals surface area (Å²) in [5.41, 5.74) is 1.71. The Morgan fingerprint density at radius 3 is 2.17 bits per heavy atom. The maximum absolute atomic E-state index is 14.8. The van der Waals surface area contributed by atoms with Crippen molar-refractivity contribution in [2.75, 3.05) is 26.2 Å². The molecule has 13 nitrogen and oxygen atoms in total. The van der Waals surface area contributed by atoms with Crippen LogP contribution >= 0.6 is 0 Å². The molecule has 286 valence electrons. The van der Waals surface area contributed by atoms with Crippen molar-refractivity contribution in [3.8, 4) is 0 Å². The van der Waals surface area contributed by atoms with Gasteiger partial charge in [-0.2, -0.15) is 0 Å². The van der Waals surface area contributed by atoms with E-state index in [0.29, 0.717) is 38.8 Å². The molecule has 4 rings (SSSR count). The van der Waals surface area contributed by atoms with Crippen LogP contribution in [0.3, 0.4) is 0 Å². The highest BCUT2D eigenvalue weighted by Crippen LogP contribution is 2.36. The summed E-state index contributed by atoms with van der Waals surface area (Å²) in [6.07, 6.45) is 4.77. The van der Waals surface area contributed by atoms with Gasteiger partial charge in [-0.3, -0.25) is 19.2 Å². The Balaban J connectivity index is 1.59. The molecular weight excluding hydrogens is 664 g/mol. The molecule has 0 spiro atoms. The average Bonchev–Trinajstić information content (AvgIpc) is 3.62. The maximum atomic E-state index is 14.8. The van der Waals surface area contributed by atoms with Crippen LogP contribution in [0, 0.1) is 29.1 Å². The highest BCUT2D eigenvalue weighted by Gasteiger charge is 2.48. The van der Waals surface area contributed by atoms with Crippen molar-refractivity contribution in [3.05, 3.63) is 48.0 Å². The highest BCUT2D eigenvalue weighted by atomic mass is 16.5. The lowest BCUT2D eigenvalue weighted by atomic mass is 9.87. The molecule has 0 aromatic heterocycles. The second kappa shape index (κ2) is 17.9. The first kappa shape index (κ1) is 40.4. The van der Waals surface area contributed by atoms with Gasteiger partial charge in [-0.05, 0) is 72.8 Å². The topological polar surface area (TPSA) is 175 Å². The van der Waals surface area contributed by atoms with Crippen LogP contribution in [0.4, 0.5) is 9.59 Å². The number of amides is 6. The van der Waals surface area contributed by atoms with E-state index in [-0.39, 0.29) is 42.7 Å². The van der Waals surface area contributed by atoms with Gasteiger partial charge in [-0.15, -0.1) is 6.58 Å². The number of ketones is 1. The van der Waals surface area contributed by atoms with Gasteiger partial charge in [0.2, 0.25) is 17.6 Å². The number of nitrogens with one attached hydrogen (secondary N) is 5. The third-order valence-corrected chi connectivity index (χ3v) is 10.5. The summed E-state index contributed by atoms with van der Waals surface area (Å²) in [5.74, 6) is -2.58. The van der Waals surface area contributed by atoms with Crippen LogP contribution < -0.4 is 26.6 Å². The lowest BCUT2D eigenvalue weighted by Crippen LogP contribution is -2.61. The Bertz CT molecular complexity index is 1460. The first-order chi connectivity index (χ1) is 24.6. The van der Waals surface area contributed by atoms with Crippen molar-refractivity contribution in [2.24, 2.45) is 29.1 Å². The lowest BCUT2D eigenvalue weighted by Gasteiger charge is -2.35. The second-order valence-electron chi connectivity index (χ2n) is 15.9. The van der Waals surface area contributed by atoms with E-state index in [4.69, 9.17) is 4.74 Å². The molecule has 5 atom stereocenters. The summed E-state index contributed by atoms with van der Waals surface area (Å²) in [6.45, 7) is 15.9. The number of nitrogens with zero attached hydrogens (tertiary/aromatic N) is 1. The van der Waals surface area contributed by atoms with Crippen molar-refractivity contribution in [3.63, 3.8) is 0 Å². The highest BCUT2D eigenvalue weighted by molar-refractivity contribution is 6.38. The molecule has 0 radical (unpaired) electrons. The monoisotopic (exact) mass is 722 g/mol. The molecule has 1 aromatic carbocycles. The number of ether oxygens (including phenoxy) is 1. The van der Waals surface area contributed by atoms with Crippen molar-refractivity contribution in [1.82, 2.24) is 31.5 Å². The minimum absolute atomic E-state index is 0.0323. The minimum atomic E-state index is -1.02. The van der Waals surface area contributed by atoms with Crippen LogP contribution in [0.1, 0.15) is 78.4 Å². The summed E-state index contributed by atoms with van der Waals surface area (Å²) in [4.78, 5) is 82.4. The number of alkyl carbamates (subject to hydrolysis) is 1. The zero-order valence-corrected chi connectivity index (χ0v) is 31.6. The molecule has 2 fully saturated rings. The Morgan fingerprint density at radius 2 is 1.62 bits per heavy atom. The minimum Gasteiger partial charge on any atom is -0.447 e. The zero-order chi connectivity index (χ0) is 38.2. The number of benzene rings is 1. The smallest absolute Gasteiger partial charge is 0.407 e. The van der Waals surface area contributed by atoms with Gasteiger partial charge in [0.1, 0.15) is 18.7 Å². The van der Waals surface area contributed by atoms with Crippen LogP contribution in [0.25, 0.3) is 0 Å². The van der Waals surface area contributed by atoms with E-state index in [1.54, 1.807) is 11.8 Å². The van der Waals surface area contributed by atoms with Crippen molar-refractivity contribution >= 4 is 35.6 Å². The number of likely N-dealkylation sites (tertiary alicyclic amines) is 1. The molecule has 1 heterocycles. The number of Topliss-reactive ketones (excluding diaryl/α,β-unsaturated/α-hetero) is 1. The predicted molar refractivity (Wildman–Crippen MR) is 197 cm³/mol. The summed E-state index contributed by atoms with van der Waals surface area (Å²) < 4.78 is 5.37. The summed E-state index contributed by atoms with van der Waals surface area (Å²) in [7, 11) is 0. The number of carbonyl (C=O) groups is 6. The van der Waals surface area contributed by atoms with Gasteiger partial charge < -0.3 is 36.2 Å². The van der Waals surface area contributed by atoms with E-state index >= 15 is 0 Å². The molecule has 2 aliphatic carbocycles. The standard InChI is InChI=1S/C39H58N6O7/c1-8-17-41-35(48)33(46)29(19-24-14-15-24)42-34(47)32-28(23(3)4)16-18-45(32)36(49)31(27-20-25-12-10-11-13-26(25)21-27)44-37(50)43-30(39(5,6)7)22-52-38(51)40-9-2/h8,10-13,23-24,27-32H,1,9,14-22H2,2-7H3,(H,40,51)(H,41,48)(H,42,47)(H2,43,44,50)/t28-,29?,30?,31?,32?/m1/s1. The summed E-state index contributed by atoms with van der Waals surface area (Å²) in [6, 6.07) is 3.88. The Labute approximate surface area is 307 Å². The number of urea groups is 1.